The van der Waals surface area contributed by atoms with E-state index in [4.69, 9.17) is 10.5 Å². The van der Waals surface area contributed by atoms with Crippen LogP contribution in [0.25, 0.3) is 0 Å². The molecule has 2 atom stereocenters. The molecule has 6 nitrogen and oxygen atoms in total. The van der Waals surface area contributed by atoms with Crippen LogP contribution in [0.15, 0.2) is 0 Å². The molecule has 3 N–H and O–H groups in total. The molecule has 0 bridgehead atoms. The van der Waals surface area contributed by atoms with E-state index in [-0.39, 0.29) is 12.0 Å². The van der Waals surface area contributed by atoms with Crippen LogP contribution < -0.4 is 11.1 Å². The molecule has 2 unspecified atom stereocenters. The third kappa shape index (κ3) is 2.62. The quantitative estimate of drug-likeness (QED) is 0.826. The predicted octanol–water partition coefficient (Wildman–Crippen LogP) is 0.860. The van der Waals surface area contributed by atoms with Crippen molar-refractivity contribution in [2.75, 3.05) is 11.9 Å². The lowest BCUT2D eigenvalue weighted by Crippen LogP contribution is -2.30. The second kappa shape index (κ2) is 4.81. The van der Waals surface area contributed by atoms with E-state index in [1.54, 1.807) is 0 Å². The second-order valence-electron chi connectivity index (χ2n) is 4.84. The summed E-state index contributed by atoms with van der Waals surface area (Å²) in [5, 5.41) is 4.05. The number of primary amides is 1. The maximum Gasteiger partial charge on any atom is 0.246 e. The summed E-state index contributed by atoms with van der Waals surface area (Å²) in [5.74, 6) is 1.17. The zero-order chi connectivity index (χ0) is 12.5. The maximum atomic E-state index is 11.0. The van der Waals surface area contributed by atoms with Crippen molar-refractivity contribution in [3.63, 3.8) is 0 Å². The highest BCUT2D eigenvalue weighted by Crippen LogP contribution is 2.39. The van der Waals surface area contributed by atoms with Gasteiger partial charge in [-0.2, -0.15) is 4.37 Å². The molecule has 0 aromatic carbocycles. The van der Waals surface area contributed by atoms with E-state index in [0.29, 0.717) is 18.9 Å². The van der Waals surface area contributed by atoms with Gasteiger partial charge in [0.05, 0.1) is 6.10 Å². The molecule has 2 fully saturated rings. The summed E-state index contributed by atoms with van der Waals surface area (Å²) in [6.45, 7) is 0.656. The number of carbonyl (C=O) groups excluding carboxylic acids is 1. The van der Waals surface area contributed by atoms with Gasteiger partial charge in [-0.25, -0.2) is 4.98 Å². The molecule has 1 aliphatic heterocycles. The number of nitrogens with one attached hydrogen (secondary N) is 1. The maximum absolute atomic E-state index is 11.0. The molecule has 18 heavy (non-hydrogen) atoms. The highest BCUT2D eigenvalue weighted by Gasteiger charge is 2.30. The van der Waals surface area contributed by atoms with Crippen molar-refractivity contribution in [2.45, 2.75) is 43.8 Å². The van der Waals surface area contributed by atoms with E-state index in [1.807, 2.05) is 0 Å². The Balaban J connectivity index is 1.47. The van der Waals surface area contributed by atoms with Gasteiger partial charge in [0.25, 0.3) is 0 Å². The lowest BCUT2D eigenvalue weighted by molar-refractivity contribution is -0.128. The minimum absolute atomic E-state index is 0.0378. The predicted molar refractivity (Wildman–Crippen MR) is 67.5 cm³/mol. The van der Waals surface area contributed by atoms with Crippen LogP contribution in [0.2, 0.25) is 0 Å². The van der Waals surface area contributed by atoms with Gasteiger partial charge in [0.1, 0.15) is 11.9 Å². The third-order valence-corrected chi connectivity index (χ3v) is 3.98. The Labute approximate surface area is 109 Å². The lowest BCUT2D eigenvalue weighted by atomic mass is 10.2. The van der Waals surface area contributed by atoms with Gasteiger partial charge >= 0.3 is 0 Å². The summed E-state index contributed by atoms with van der Waals surface area (Å²) in [5.41, 5.74) is 5.21. The molecule has 2 aliphatic rings. The fourth-order valence-corrected chi connectivity index (χ4v) is 2.73. The number of aromatic nitrogens is 2. The van der Waals surface area contributed by atoms with Gasteiger partial charge < -0.3 is 15.8 Å². The van der Waals surface area contributed by atoms with E-state index < -0.39 is 6.10 Å². The SMILES string of the molecule is NC(=O)C1CCC(CNc2nc(C3CC3)ns2)O1. The highest BCUT2D eigenvalue weighted by atomic mass is 32.1. The zero-order valence-corrected chi connectivity index (χ0v) is 10.8. The number of carbonyl (C=O) groups is 1. The van der Waals surface area contributed by atoms with Crippen LogP contribution >= 0.6 is 11.5 Å². The van der Waals surface area contributed by atoms with Crippen molar-refractivity contribution in [3.8, 4) is 0 Å². The van der Waals surface area contributed by atoms with Crippen LogP contribution in [-0.2, 0) is 9.53 Å². The number of amides is 1. The summed E-state index contributed by atoms with van der Waals surface area (Å²) in [6, 6.07) is 0. The first-order chi connectivity index (χ1) is 8.72. The molecule has 1 saturated heterocycles. The smallest absolute Gasteiger partial charge is 0.246 e. The third-order valence-electron chi connectivity index (χ3n) is 3.29. The number of anilines is 1. The first-order valence-electron chi connectivity index (χ1n) is 6.24. The van der Waals surface area contributed by atoms with Crippen molar-refractivity contribution < 1.29 is 9.53 Å². The van der Waals surface area contributed by atoms with E-state index in [1.165, 1.54) is 24.4 Å². The topological polar surface area (TPSA) is 90.1 Å². The molecule has 2 heterocycles. The molecule has 3 rings (SSSR count). The molecule has 1 saturated carbocycles. The van der Waals surface area contributed by atoms with Crippen LogP contribution in [0.4, 0.5) is 5.13 Å². The van der Waals surface area contributed by atoms with Gasteiger partial charge in [0.15, 0.2) is 0 Å². The number of hydrogen-bond donors (Lipinski definition) is 2. The second-order valence-corrected chi connectivity index (χ2v) is 5.59. The van der Waals surface area contributed by atoms with Crippen molar-refractivity contribution in [1.29, 1.82) is 0 Å². The Kier molecular flexibility index (Phi) is 3.17. The van der Waals surface area contributed by atoms with Gasteiger partial charge in [-0.3, -0.25) is 4.79 Å². The van der Waals surface area contributed by atoms with Crippen molar-refractivity contribution in [1.82, 2.24) is 9.36 Å². The number of hydrogen-bond acceptors (Lipinski definition) is 6. The molecule has 1 aromatic rings. The molecule has 1 amide bonds. The molecule has 0 spiro atoms. The van der Waals surface area contributed by atoms with E-state index in [2.05, 4.69) is 14.7 Å². The van der Waals surface area contributed by atoms with Crippen LogP contribution in [-0.4, -0.2) is 34.0 Å². The first-order valence-corrected chi connectivity index (χ1v) is 7.02. The van der Waals surface area contributed by atoms with E-state index in [9.17, 15) is 4.79 Å². The summed E-state index contributed by atoms with van der Waals surface area (Å²) in [4.78, 5) is 15.4. The standard InChI is InChI=1S/C11H16N4O2S/c12-9(16)8-4-3-7(17-8)5-13-11-14-10(15-18-11)6-1-2-6/h6-8H,1-5H2,(H2,12,16)(H,13,14,15). The largest absolute Gasteiger partial charge is 0.367 e. The normalized spacial score (nSPS) is 27.3. The Morgan fingerprint density at radius 2 is 2.28 bits per heavy atom. The lowest BCUT2D eigenvalue weighted by Gasteiger charge is -2.11. The van der Waals surface area contributed by atoms with Crippen LogP contribution in [0.5, 0.6) is 0 Å². The number of nitrogens with zero attached hydrogens (tertiary/aromatic N) is 2. The molecule has 98 valence electrons. The first kappa shape index (κ1) is 11.9. The summed E-state index contributed by atoms with van der Waals surface area (Å²) >= 11 is 1.39. The summed E-state index contributed by atoms with van der Waals surface area (Å²) < 4.78 is 9.85. The monoisotopic (exact) mass is 268 g/mol. The van der Waals surface area contributed by atoms with E-state index >= 15 is 0 Å². The molecular formula is C11H16N4O2S. The Hall–Kier alpha value is -1.21. The minimum Gasteiger partial charge on any atom is -0.367 e. The highest BCUT2D eigenvalue weighted by molar-refractivity contribution is 7.09. The average Bonchev–Trinajstić information content (AvgIpc) is 2.92. The number of ether oxygens (including phenoxy) is 1. The minimum atomic E-state index is -0.423. The zero-order valence-electron chi connectivity index (χ0n) is 9.96. The molecule has 1 aromatic heterocycles. The fraction of sp³-hybridized carbons (Fsp3) is 0.727. The van der Waals surface area contributed by atoms with Crippen molar-refractivity contribution >= 4 is 22.6 Å². The Bertz CT molecular complexity index is 446. The number of nitrogens with two attached hydrogens (primary N) is 1. The van der Waals surface area contributed by atoms with E-state index in [0.717, 1.165) is 17.4 Å². The van der Waals surface area contributed by atoms with Crippen molar-refractivity contribution in [3.05, 3.63) is 5.82 Å². The van der Waals surface area contributed by atoms with Gasteiger partial charge in [-0.05, 0) is 25.7 Å². The molecule has 0 radical (unpaired) electrons. The Morgan fingerprint density at radius 3 is 2.94 bits per heavy atom. The summed E-state index contributed by atoms with van der Waals surface area (Å²) in [6.07, 6.45) is 3.61. The Morgan fingerprint density at radius 1 is 1.44 bits per heavy atom. The molecule has 1 aliphatic carbocycles. The van der Waals surface area contributed by atoms with Crippen molar-refractivity contribution in [2.24, 2.45) is 5.73 Å². The average molecular weight is 268 g/mol. The van der Waals surface area contributed by atoms with Crippen LogP contribution in [0, 0.1) is 0 Å². The van der Waals surface area contributed by atoms with Gasteiger partial charge in [0.2, 0.25) is 11.0 Å². The van der Waals surface area contributed by atoms with Gasteiger partial charge in [-0.15, -0.1) is 0 Å². The van der Waals surface area contributed by atoms with Crippen LogP contribution in [0.1, 0.15) is 37.4 Å². The number of rotatable bonds is 5. The van der Waals surface area contributed by atoms with Gasteiger partial charge in [0, 0.05) is 24.0 Å². The molecular weight excluding hydrogens is 252 g/mol. The fourth-order valence-electron chi connectivity index (χ4n) is 2.08. The van der Waals surface area contributed by atoms with Crippen LogP contribution in [0.3, 0.4) is 0 Å². The molecule has 7 heteroatoms. The summed E-state index contributed by atoms with van der Waals surface area (Å²) in [7, 11) is 0. The van der Waals surface area contributed by atoms with Gasteiger partial charge in [-0.1, -0.05) is 0 Å².